The van der Waals surface area contributed by atoms with Crippen LogP contribution < -0.4 is 10.2 Å². The van der Waals surface area contributed by atoms with E-state index in [9.17, 15) is 9.59 Å². The van der Waals surface area contributed by atoms with Gasteiger partial charge in [0.2, 0.25) is 5.91 Å². The molecule has 5 heteroatoms. The first-order chi connectivity index (χ1) is 9.99. The molecule has 0 aromatic heterocycles. The zero-order valence-corrected chi connectivity index (χ0v) is 12.5. The fourth-order valence-electron chi connectivity index (χ4n) is 2.69. The fourth-order valence-corrected chi connectivity index (χ4v) is 2.69. The molecule has 0 bridgehead atoms. The molecule has 1 aromatic carbocycles. The summed E-state index contributed by atoms with van der Waals surface area (Å²) in [5.41, 5.74) is 1.88. The number of anilines is 1. The van der Waals surface area contributed by atoms with E-state index in [1.54, 1.807) is 4.90 Å². The van der Waals surface area contributed by atoms with Crippen molar-refractivity contribution >= 4 is 17.6 Å². The SMILES string of the molecule is Cc1ccc(N(CCC(=O)O)C(=O)C2CCNC2C)cc1. The average molecular weight is 290 g/mol. The molecule has 114 valence electrons. The highest BCUT2D eigenvalue weighted by Gasteiger charge is 2.33. The Hall–Kier alpha value is -1.88. The Morgan fingerprint density at radius 2 is 2.00 bits per heavy atom. The molecule has 21 heavy (non-hydrogen) atoms. The second kappa shape index (κ2) is 6.72. The topological polar surface area (TPSA) is 69.6 Å². The van der Waals surface area contributed by atoms with Gasteiger partial charge in [-0.15, -0.1) is 0 Å². The highest BCUT2D eigenvalue weighted by atomic mass is 16.4. The number of rotatable bonds is 5. The molecule has 5 nitrogen and oxygen atoms in total. The van der Waals surface area contributed by atoms with Crippen LogP contribution in [0.4, 0.5) is 5.69 Å². The number of carbonyl (C=O) groups excluding carboxylic acids is 1. The minimum Gasteiger partial charge on any atom is -0.481 e. The molecular weight excluding hydrogens is 268 g/mol. The van der Waals surface area contributed by atoms with Crippen LogP contribution in [0.25, 0.3) is 0 Å². The summed E-state index contributed by atoms with van der Waals surface area (Å²) in [6.45, 7) is 5.02. The van der Waals surface area contributed by atoms with E-state index >= 15 is 0 Å². The van der Waals surface area contributed by atoms with Gasteiger partial charge in [-0.2, -0.15) is 0 Å². The minimum atomic E-state index is -0.891. The largest absolute Gasteiger partial charge is 0.481 e. The molecule has 0 aliphatic carbocycles. The molecule has 1 fully saturated rings. The van der Waals surface area contributed by atoms with Crippen LogP contribution in [-0.2, 0) is 9.59 Å². The number of aryl methyl sites for hydroxylation is 1. The molecule has 2 N–H and O–H groups in total. The Labute approximate surface area is 125 Å². The van der Waals surface area contributed by atoms with Crippen molar-refractivity contribution in [2.75, 3.05) is 18.0 Å². The second-order valence-electron chi connectivity index (χ2n) is 5.61. The van der Waals surface area contributed by atoms with E-state index in [1.807, 2.05) is 38.1 Å². The van der Waals surface area contributed by atoms with Gasteiger partial charge in [0.15, 0.2) is 0 Å². The summed E-state index contributed by atoms with van der Waals surface area (Å²) >= 11 is 0. The average Bonchev–Trinajstić information content (AvgIpc) is 2.86. The Balaban J connectivity index is 2.20. The summed E-state index contributed by atoms with van der Waals surface area (Å²) in [5, 5.41) is 12.2. The lowest BCUT2D eigenvalue weighted by molar-refractivity contribution is -0.136. The number of hydrogen-bond acceptors (Lipinski definition) is 3. The van der Waals surface area contributed by atoms with Gasteiger partial charge in [-0.3, -0.25) is 9.59 Å². The number of amides is 1. The summed E-state index contributed by atoms with van der Waals surface area (Å²) < 4.78 is 0. The molecule has 1 aliphatic heterocycles. The van der Waals surface area contributed by atoms with E-state index in [0.29, 0.717) is 0 Å². The lowest BCUT2D eigenvalue weighted by Crippen LogP contribution is -2.41. The lowest BCUT2D eigenvalue weighted by Gasteiger charge is -2.27. The highest BCUT2D eigenvalue weighted by molar-refractivity contribution is 5.96. The number of hydrogen-bond donors (Lipinski definition) is 2. The summed E-state index contributed by atoms with van der Waals surface area (Å²) in [5.74, 6) is -0.963. The van der Waals surface area contributed by atoms with Crippen molar-refractivity contribution in [3.8, 4) is 0 Å². The zero-order valence-electron chi connectivity index (χ0n) is 12.5. The van der Waals surface area contributed by atoms with Crippen molar-refractivity contribution in [3.63, 3.8) is 0 Å². The van der Waals surface area contributed by atoms with Gasteiger partial charge in [0.1, 0.15) is 0 Å². The van der Waals surface area contributed by atoms with E-state index in [1.165, 1.54) is 0 Å². The zero-order chi connectivity index (χ0) is 15.4. The number of aliphatic carboxylic acids is 1. The van der Waals surface area contributed by atoms with E-state index in [2.05, 4.69) is 5.32 Å². The Kier molecular flexibility index (Phi) is 4.96. The van der Waals surface area contributed by atoms with E-state index < -0.39 is 5.97 Å². The van der Waals surface area contributed by atoms with Crippen molar-refractivity contribution < 1.29 is 14.7 Å². The second-order valence-corrected chi connectivity index (χ2v) is 5.61. The summed E-state index contributed by atoms with van der Waals surface area (Å²) in [6, 6.07) is 7.76. The lowest BCUT2D eigenvalue weighted by atomic mass is 9.99. The number of carboxylic acid groups (broad SMARTS) is 1. The molecule has 0 saturated carbocycles. The van der Waals surface area contributed by atoms with E-state index in [0.717, 1.165) is 24.2 Å². The standard InChI is InChI=1S/C16H22N2O3/c1-11-3-5-13(6-4-11)18(10-8-15(19)20)16(21)14-7-9-17-12(14)2/h3-6,12,14,17H,7-10H2,1-2H3,(H,19,20). The van der Waals surface area contributed by atoms with Crippen LogP contribution in [0.2, 0.25) is 0 Å². The Morgan fingerprint density at radius 3 is 2.52 bits per heavy atom. The highest BCUT2D eigenvalue weighted by Crippen LogP contribution is 2.23. The van der Waals surface area contributed by atoms with Crippen LogP contribution in [0.15, 0.2) is 24.3 Å². The number of benzene rings is 1. The third-order valence-corrected chi connectivity index (χ3v) is 4.00. The first-order valence-corrected chi connectivity index (χ1v) is 7.32. The molecule has 1 aliphatic rings. The molecule has 1 saturated heterocycles. The first-order valence-electron chi connectivity index (χ1n) is 7.32. The van der Waals surface area contributed by atoms with Gasteiger partial charge < -0.3 is 15.3 Å². The van der Waals surface area contributed by atoms with Crippen LogP contribution >= 0.6 is 0 Å². The predicted molar refractivity (Wildman–Crippen MR) is 81.4 cm³/mol. The van der Waals surface area contributed by atoms with Gasteiger partial charge in [-0.05, 0) is 38.9 Å². The Morgan fingerprint density at radius 1 is 1.33 bits per heavy atom. The molecule has 1 heterocycles. The van der Waals surface area contributed by atoms with Crippen molar-refractivity contribution in [2.45, 2.75) is 32.7 Å². The summed E-state index contributed by atoms with van der Waals surface area (Å²) in [4.78, 5) is 25.2. The normalized spacial score (nSPS) is 21.2. The Bertz CT molecular complexity index is 513. The quantitative estimate of drug-likeness (QED) is 0.867. The van der Waals surface area contributed by atoms with Gasteiger partial charge in [-0.25, -0.2) is 0 Å². The monoisotopic (exact) mass is 290 g/mol. The summed E-state index contributed by atoms with van der Waals surface area (Å²) in [7, 11) is 0. The van der Waals surface area contributed by atoms with Gasteiger partial charge in [-0.1, -0.05) is 17.7 Å². The number of carboxylic acids is 1. The van der Waals surface area contributed by atoms with Crippen LogP contribution in [0, 0.1) is 12.8 Å². The van der Waals surface area contributed by atoms with Crippen molar-refractivity contribution in [2.24, 2.45) is 5.92 Å². The van der Waals surface area contributed by atoms with Gasteiger partial charge in [0.25, 0.3) is 0 Å². The van der Waals surface area contributed by atoms with Crippen LogP contribution in [0.5, 0.6) is 0 Å². The van der Waals surface area contributed by atoms with Crippen molar-refractivity contribution in [3.05, 3.63) is 29.8 Å². The summed E-state index contributed by atoms with van der Waals surface area (Å²) in [6.07, 6.45) is 0.754. The maximum Gasteiger partial charge on any atom is 0.305 e. The minimum absolute atomic E-state index is 0.0117. The molecular formula is C16H22N2O3. The van der Waals surface area contributed by atoms with Crippen LogP contribution in [0.1, 0.15) is 25.3 Å². The molecule has 1 amide bonds. The number of nitrogens with one attached hydrogen (secondary N) is 1. The molecule has 2 rings (SSSR count). The first kappa shape index (κ1) is 15.5. The molecule has 0 radical (unpaired) electrons. The maximum absolute atomic E-state index is 12.7. The molecule has 1 aromatic rings. The third-order valence-electron chi connectivity index (χ3n) is 4.00. The van der Waals surface area contributed by atoms with Crippen molar-refractivity contribution in [1.29, 1.82) is 0 Å². The van der Waals surface area contributed by atoms with Gasteiger partial charge >= 0.3 is 5.97 Å². The maximum atomic E-state index is 12.7. The van der Waals surface area contributed by atoms with Gasteiger partial charge in [0.05, 0.1) is 12.3 Å². The van der Waals surface area contributed by atoms with E-state index in [4.69, 9.17) is 5.11 Å². The molecule has 2 atom stereocenters. The predicted octanol–water partition coefficient (Wildman–Crippen LogP) is 1.80. The molecule has 2 unspecified atom stereocenters. The van der Waals surface area contributed by atoms with E-state index in [-0.39, 0.29) is 30.8 Å². The fraction of sp³-hybridized carbons (Fsp3) is 0.500. The smallest absolute Gasteiger partial charge is 0.305 e. The van der Waals surface area contributed by atoms with Crippen LogP contribution in [0.3, 0.4) is 0 Å². The van der Waals surface area contributed by atoms with Crippen molar-refractivity contribution in [1.82, 2.24) is 5.32 Å². The molecule has 0 spiro atoms. The third kappa shape index (κ3) is 3.82. The van der Waals surface area contributed by atoms with Gasteiger partial charge in [0, 0.05) is 18.3 Å². The number of nitrogens with zero attached hydrogens (tertiary/aromatic N) is 1. The number of carbonyl (C=O) groups is 2. The van der Waals surface area contributed by atoms with Crippen LogP contribution in [-0.4, -0.2) is 36.1 Å².